The normalized spacial score (nSPS) is 26.0. The van der Waals surface area contributed by atoms with Crippen LogP contribution in [0.3, 0.4) is 0 Å². The van der Waals surface area contributed by atoms with Gasteiger partial charge in [-0.3, -0.25) is 4.79 Å². The number of ketones is 1. The Bertz CT molecular complexity index is 3100. The molecule has 74 heavy (non-hydrogen) atoms. The summed E-state index contributed by atoms with van der Waals surface area (Å²) in [5, 5.41) is 31.2. The standard InChI is InChI=1S/C54H62N14O6/c69-39-17-13-35(14-18-39)65-51-45(25-55-65)49(63-27-41-21-22-42(28-63)73-41)59-47(61-51)31-1-5-33(6-2-31)57-53(71)67(37-9-10-37)68(38-11-12-38)54(72)58-34-7-3-32(4-8-34)48-60-50(64-29-43-23-24-44(30-64)74-43)46-26-56-66(52(46)62-48)36-15-19-40(70)20-16-36/h1-8,25-26,35-39,41-44,69H,9-24,27-30H2,(H,57,71)(H,58,72). The number of hydrogen-bond acceptors (Lipinski definition) is 14. The third kappa shape index (κ3) is 8.76. The molecule has 8 fully saturated rings. The molecule has 0 radical (unpaired) electrons. The molecule has 20 nitrogen and oxygen atoms in total. The van der Waals surface area contributed by atoms with E-state index in [2.05, 4.69) is 20.4 Å². The van der Waals surface area contributed by atoms with Gasteiger partial charge in [0.25, 0.3) is 0 Å². The van der Waals surface area contributed by atoms with Crippen molar-refractivity contribution in [2.24, 2.45) is 0 Å². The molecule has 4 saturated carbocycles. The molecule has 4 aliphatic heterocycles. The summed E-state index contributed by atoms with van der Waals surface area (Å²) in [5.74, 6) is 3.13. The molecular weight excluding hydrogens is 941 g/mol. The minimum atomic E-state index is -0.366. The van der Waals surface area contributed by atoms with Gasteiger partial charge in [-0.05, 0) is 138 Å². The zero-order chi connectivity index (χ0) is 49.6. The van der Waals surface area contributed by atoms with Crippen molar-refractivity contribution in [3.05, 3.63) is 60.9 Å². The van der Waals surface area contributed by atoms with Crippen molar-refractivity contribution in [1.29, 1.82) is 0 Å². The number of carbonyl (C=O) groups is 3. The monoisotopic (exact) mass is 1000 g/mol. The number of aliphatic hydroxyl groups is 1. The summed E-state index contributed by atoms with van der Waals surface area (Å²) in [6.07, 6.45) is 17.3. The summed E-state index contributed by atoms with van der Waals surface area (Å²) in [6.45, 7) is 3.03. The zero-order valence-electron chi connectivity index (χ0n) is 41.5. The van der Waals surface area contributed by atoms with Crippen molar-refractivity contribution in [2.75, 3.05) is 46.6 Å². The fourth-order valence-corrected chi connectivity index (χ4v) is 12.4. The van der Waals surface area contributed by atoms with E-state index in [4.69, 9.17) is 39.6 Å². The Morgan fingerprint density at radius 3 is 1.34 bits per heavy atom. The van der Waals surface area contributed by atoms with Crippen LogP contribution in [0.4, 0.5) is 32.6 Å². The Morgan fingerprint density at radius 1 is 0.527 bits per heavy atom. The first-order chi connectivity index (χ1) is 36.2. The lowest BCUT2D eigenvalue weighted by Gasteiger charge is -2.35. The van der Waals surface area contributed by atoms with E-state index in [0.29, 0.717) is 41.6 Å². The Labute approximate surface area is 427 Å². The SMILES string of the molecule is O=C1CCC(n2ncc3c(N4CC5CCC(C4)O5)nc(-c4ccc(NC(=O)N(C5CC5)N(C(=O)Nc5ccc(-c6nc(N7CC8CCC(C7)O8)c7cnn(C8CCC(O)CC8)c7n6)cc5)C5CC5)cc4)nc32)CC1. The number of hydrazine groups is 1. The van der Waals surface area contributed by atoms with E-state index in [1.54, 1.807) is 10.0 Å². The van der Waals surface area contributed by atoms with Gasteiger partial charge in [0.15, 0.2) is 22.9 Å². The maximum atomic E-state index is 14.4. The van der Waals surface area contributed by atoms with Crippen molar-refractivity contribution in [2.45, 2.75) is 157 Å². The highest BCUT2D eigenvalue weighted by atomic mass is 16.5. The Kier molecular flexibility index (Phi) is 11.5. The number of amides is 4. The summed E-state index contributed by atoms with van der Waals surface area (Å²) in [4.78, 5) is 66.2. The van der Waals surface area contributed by atoms with Crippen LogP contribution in [-0.2, 0) is 14.3 Å². The number of carbonyl (C=O) groups excluding carboxylic acids is 3. The van der Waals surface area contributed by atoms with E-state index >= 15 is 0 Å². The quantitative estimate of drug-likeness (QED) is 0.112. The first-order valence-electron chi connectivity index (χ1n) is 27.1. The fraction of sp³-hybridized carbons (Fsp3) is 0.537. The number of aromatic nitrogens is 8. The van der Waals surface area contributed by atoms with Crippen LogP contribution in [0, 0.1) is 0 Å². The van der Waals surface area contributed by atoms with E-state index in [1.165, 1.54) is 0 Å². The second-order valence-corrected chi connectivity index (χ2v) is 22.0. The molecule has 384 valence electrons. The van der Waals surface area contributed by atoms with Gasteiger partial charge in [0, 0.05) is 61.5 Å². The topological polar surface area (TPSA) is 214 Å². The average Bonchev–Trinajstić information content (AvgIpc) is 4.29. The average molecular weight is 1000 g/mol. The molecule has 4 saturated heterocycles. The van der Waals surface area contributed by atoms with E-state index in [0.717, 1.165) is 161 Å². The molecule has 14 rings (SSSR count). The molecule has 4 unspecified atom stereocenters. The Balaban J connectivity index is 0.695. The second kappa shape index (κ2) is 18.6. The highest BCUT2D eigenvalue weighted by Crippen LogP contribution is 2.40. The summed E-state index contributed by atoms with van der Waals surface area (Å²) in [5.41, 5.74) is 4.32. The molecule has 4 amide bonds. The predicted molar refractivity (Wildman–Crippen MR) is 276 cm³/mol. The van der Waals surface area contributed by atoms with E-state index in [1.807, 2.05) is 70.3 Å². The maximum Gasteiger partial charge on any atom is 0.341 e. The fourth-order valence-electron chi connectivity index (χ4n) is 12.4. The van der Waals surface area contributed by atoms with E-state index in [9.17, 15) is 19.5 Å². The minimum absolute atomic E-state index is 0.0826. The van der Waals surface area contributed by atoms with Crippen molar-refractivity contribution >= 4 is 62.9 Å². The number of aliphatic hydroxyl groups excluding tert-OH is 1. The Hall–Kier alpha value is -6.77. The molecule has 6 aromatic rings. The van der Waals surface area contributed by atoms with Gasteiger partial charge in [-0.25, -0.2) is 48.9 Å². The molecule has 3 N–H and O–H groups in total. The molecule has 4 aromatic heterocycles. The van der Waals surface area contributed by atoms with Gasteiger partial charge in [0.1, 0.15) is 17.4 Å². The van der Waals surface area contributed by atoms with Crippen LogP contribution in [0.15, 0.2) is 60.9 Å². The van der Waals surface area contributed by atoms with E-state index < -0.39 is 0 Å². The number of urea groups is 2. The number of morpholine rings is 2. The molecule has 0 spiro atoms. The number of rotatable bonds is 10. The van der Waals surface area contributed by atoms with Crippen LogP contribution in [-0.4, -0.2) is 141 Å². The van der Waals surface area contributed by atoms with Gasteiger partial charge in [-0.1, -0.05) is 0 Å². The highest BCUT2D eigenvalue weighted by molar-refractivity contribution is 5.96. The molecule has 4 bridgehead atoms. The number of hydrogen-bond donors (Lipinski definition) is 3. The van der Waals surface area contributed by atoms with Crippen LogP contribution < -0.4 is 20.4 Å². The van der Waals surface area contributed by atoms with Crippen molar-refractivity contribution in [3.63, 3.8) is 0 Å². The van der Waals surface area contributed by atoms with Crippen LogP contribution in [0.25, 0.3) is 44.8 Å². The summed E-state index contributed by atoms with van der Waals surface area (Å²) in [6, 6.07) is 14.5. The Morgan fingerprint density at radius 2 is 0.932 bits per heavy atom. The number of anilines is 4. The van der Waals surface area contributed by atoms with Crippen molar-refractivity contribution in [3.8, 4) is 22.8 Å². The summed E-state index contributed by atoms with van der Waals surface area (Å²) < 4.78 is 16.4. The van der Waals surface area contributed by atoms with Gasteiger partial charge < -0.3 is 35.0 Å². The lowest BCUT2D eigenvalue weighted by atomic mass is 9.93. The zero-order valence-corrected chi connectivity index (χ0v) is 41.5. The van der Waals surface area contributed by atoms with Gasteiger partial charge in [0.05, 0.1) is 77.9 Å². The molecule has 8 aliphatic rings. The third-order valence-electron chi connectivity index (χ3n) is 16.6. The van der Waals surface area contributed by atoms with Crippen LogP contribution in [0.2, 0.25) is 0 Å². The number of nitrogens with one attached hydrogen (secondary N) is 2. The molecule has 2 aromatic carbocycles. The van der Waals surface area contributed by atoms with Gasteiger partial charge >= 0.3 is 12.1 Å². The lowest BCUT2D eigenvalue weighted by molar-refractivity contribution is -0.120. The molecule has 4 aliphatic carbocycles. The third-order valence-corrected chi connectivity index (χ3v) is 16.6. The predicted octanol–water partition coefficient (Wildman–Crippen LogP) is 7.80. The minimum Gasteiger partial charge on any atom is -0.393 e. The first-order valence-corrected chi connectivity index (χ1v) is 27.1. The van der Waals surface area contributed by atoms with Crippen LogP contribution in [0.5, 0.6) is 0 Å². The van der Waals surface area contributed by atoms with E-state index in [-0.39, 0.29) is 66.7 Å². The number of Topliss-reactive ketones (excluding diaryl/α,β-unsaturated/α-hetero) is 1. The van der Waals surface area contributed by atoms with Crippen molar-refractivity contribution in [1.82, 2.24) is 49.5 Å². The second-order valence-electron chi connectivity index (χ2n) is 22.0. The highest BCUT2D eigenvalue weighted by Gasteiger charge is 2.46. The maximum absolute atomic E-state index is 14.4. The number of benzene rings is 2. The molecule has 8 heterocycles. The van der Waals surface area contributed by atoms with Gasteiger partial charge in [0.2, 0.25) is 0 Å². The molecular formula is C54H62N14O6. The smallest absolute Gasteiger partial charge is 0.341 e. The van der Waals surface area contributed by atoms with Gasteiger partial charge in [-0.15, -0.1) is 0 Å². The number of fused-ring (bicyclic) bond motifs is 6. The largest absolute Gasteiger partial charge is 0.393 e. The summed E-state index contributed by atoms with van der Waals surface area (Å²) >= 11 is 0. The molecule has 20 heteroatoms. The summed E-state index contributed by atoms with van der Waals surface area (Å²) in [7, 11) is 0. The lowest BCUT2D eigenvalue weighted by Crippen LogP contribution is -2.55. The van der Waals surface area contributed by atoms with Crippen LogP contribution in [0.1, 0.15) is 115 Å². The van der Waals surface area contributed by atoms with Crippen LogP contribution >= 0.6 is 0 Å². The molecule has 4 atom stereocenters. The number of nitrogens with zero attached hydrogens (tertiary/aromatic N) is 12. The van der Waals surface area contributed by atoms with Crippen molar-refractivity contribution < 1.29 is 29.0 Å². The first kappa shape index (κ1) is 45.8. The number of ether oxygens (including phenoxy) is 2. The van der Waals surface area contributed by atoms with Gasteiger partial charge in [-0.2, -0.15) is 10.2 Å².